The molecule has 0 aliphatic carbocycles. The number of carbonyl (C=O) groups is 3. The van der Waals surface area contributed by atoms with Crippen LogP contribution in [-0.4, -0.2) is 46.8 Å². The zero-order valence-electron chi connectivity index (χ0n) is 18.7. The standard InChI is InChI=1S/C25H27F2N3O3/c1-24(2,29-22(32)17-7-4-9-19(27)13-17)23(33)30-14-20(16-6-3-8-18(26)12-16)25(15-30)11-5-10-21(31)28-25/h3-4,6-9,12-13,20H,5,10-11,14-15H2,1-2H3,(H,28,31)(H,29,32)/t20-,25+/m0/s1. The molecule has 2 heterocycles. The van der Waals surface area contributed by atoms with Crippen molar-refractivity contribution in [3.63, 3.8) is 0 Å². The van der Waals surface area contributed by atoms with Crippen molar-refractivity contribution in [3.8, 4) is 0 Å². The highest BCUT2D eigenvalue weighted by atomic mass is 19.1. The summed E-state index contributed by atoms with van der Waals surface area (Å²) in [6.45, 7) is 3.72. The van der Waals surface area contributed by atoms with Gasteiger partial charge in [-0.05, 0) is 62.6 Å². The van der Waals surface area contributed by atoms with Crippen LogP contribution in [0.2, 0.25) is 0 Å². The number of piperidine rings is 1. The highest BCUT2D eigenvalue weighted by Crippen LogP contribution is 2.42. The van der Waals surface area contributed by atoms with Crippen molar-refractivity contribution in [2.45, 2.75) is 50.1 Å². The fourth-order valence-corrected chi connectivity index (χ4v) is 4.99. The van der Waals surface area contributed by atoms with Gasteiger partial charge in [-0.15, -0.1) is 0 Å². The minimum atomic E-state index is -1.28. The summed E-state index contributed by atoms with van der Waals surface area (Å²) in [6, 6.07) is 11.5. The SMILES string of the molecule is CC(C)(NC(=O)c1cccc(F)c1)C(=O)N1C[C@@H](c2cccc(F)c2)[C@@]2(CCCC(=O)N2)C1. The van der Waals surface area contributed by atoms with Gasteiger partial charge in [-0.25, -0.2) is 8.78 Å². The molecule has 0 radical (unpaired) electrons. The van der Waals surface area contributed by atoms with E-state index in [0.717, 1.165) is 6.07 Å². The van der Waals surface area contributed by atoms with E-state index in [4.69, 9.17) is 0 Å². The summed E-state index contributed by atoms with van der Waals surface area (Å²) in [6.07, 6.45) is 1.76. The Morgan fingerprint density at radius 3 is 2.48 bits per heavy atom. The van der Waals surface area contributed by atoms with Crippen molar-refractivity contribution in [2.75, 3.05) is 13.1 Å². The Kier molecular flexibility index (Phi) is 5.95. The molecule has 2 atom stereocenters. The van der Waals surface area contributed by atoms with E-state index in [1.807, 2.05) is 0 Å². The van der Waals surface area contributed by atoms with E-state index < -0.39 is 22.8 Å². The average Bonchev–Trinajstić information content (AvgIpc) is 3.10. The zero-order chi connectivity index (χ0) is 23.8. The molecule has 0 aromatic heterocycles. The molecule has 6 nitrogen and oxygen atoms in total. The van der Waals surface area contributed by atoms with Gasteiger partial charge in [0.05, 0.1) is 5.54 Å². The molecule has 0 bridgehead atoms. The molecule has 1 spiro atoms. The van der Waals surface area contributed by atoms with Crippen LogP contribution in [0.5, 0.6) is 0 Å². The maximum absolute atomic E-state index is 14.0. The molecule has 2 saturated heterocycles. The summed E-state index contributed by atoms with van der Waals surface area (Å²) >= 11 is 0. The van der Waals surface area contributed by atoms with Crippen LogP contribution in [-0.2, 0) is 9.59 Å². The van der Waals surface area contributed by atoms with Gasteiger partial charge in [-0.3, -0.25) is 14.4 Å². The lowest BCUT2D eigenvalue weighted by atomic mass is 9.76. The summed E-state index contributed by atoms with van der Waals surface area (Å²) in [4.78, 5) is 40.1. The highest BCUT2D eigenvalue weighted by molar-refractivity contribution is 5.99. The molecule has 0 unspecified atom stereocenters. The van der Waals surface area contributed by atoms with Crippen LogP contribution >= 0.6 is 0 Å². The molecule has 2 N–H and O–H groups in total. The molecule has 2 aliphatic rings. The minimum absolute atomic E-state index is 0.0874. The molecule has 4 rings (SSSR count). The number of halogens is 2. The van der Waals surface area contributed by atoms with Crippen molar-refractivity contribution in [3.05, 3.63) is 71.3 Å². The topological polar surface area (TPSA) is 78.5 Å². The van der Waals surface area contributed by atoms with Gasteiger partial charge in [0.15, 0.2) is 0 Å². The number of carbonyl (C=O) groups excluding carboxylic acids is 3. The van der Waals surface area contributed by atoms with Crippen molar-refractivity contribution < 1.29 is 23.2 Å². The highest BCUT2D eigenvalue weighted by Gasteiger charge is 2.52. The van der Waals surface area contributed by atoms with Gasteiger partial charge in [-0.2, -0.15) is 0 Å². The first-order valence-corrected chi connectivity index (χ1v) is 11.0. The van der Waals surface area contributed by atoms with E-state index >= 15 is 0 Å². The lowest BCUT2D eigenvalue weighted by Gasteiger charge is -2.39. The molecule has 174 valence electrons. The number of nitrogens with one attached hydrogen (secondary N) is 2. The normalized spacial score (nSPS) is 22.8. The molecule has 2 fully saturated rings. The molecule has 3 amide bonds. The van der Waals surface area contributed by atoms with E-state index in [2.05, 4.69) is 10.6 Å². The van der Waals surface area contributed by atoms with Crippen LogP contribution in [0.15, 0.2) is 48.5 Å². The summed E-state index contributed by atoms with van der Waals surface area (Å²) in [7, 11) is 0. The minimum Gasteiger partial charge on any atom is -0.348 e. The van der Waals surface area contributed by atoms with Crippen LogP contribution in [0.4, 0.5) is 8.78 Å². The first-order valence-electron chi connectivity index (χ1n) is 11.0. The number of hydrogen-bond acceptors (Lipinski definition) is 3. The predicted molar refractivity (Wildman–Crippen MR) is 118 cm³/mol. The van der Waals surface area contributed by atoms with Crippen molar-refractivity contribution >= 4 is 17.7 Å². The van der Waals surface area contributed by atoms with Crippen LogP contribution in [0, 0.1) is 11.6 Å². The molecule has 2 aromatic carbocycles. The van der Waals surface area contributed by atoms with E-state index in [0.29, 0.717) is 24.8 Å². The smallest absolute Gasteiger partial charge is 0.252 e. The third-order valence-electron chi connectivity index (χ3n) is 6.54. The summed E-state index contributed by atoms with van der Waals surface area (Å²) in [5, 5.41) is 5.78. The second kappa shape index (κ2) is 8.57. The number of rotatable bonds is 4. The van der Waals surface area contributed by atoms with Gasteiger partial charge in [-0.1, -0.05) is 18.2 Å². The number of amides is 3. The number of nitrogens with zero attached hydrogens (tertiary/aromatic N) is 1. The second-order valence-electron chi connectivity index (χ2n) is 9.44. The monoisotopic (exact) mass is 455 g/mol. The van der Waals surface area contributed by atoms with Crippen LogP contribution in [0.1, 0.15) is 54.9 Å². The third kappa shape index (κ3) is 4.60. The van der Waals surface area contributed by atoms with Crippen LogP contribution in [0.3, 0.4) is 0 Å². The quantitative estimate of drug-likeness (QED) is 0.744. The lowest BCUT2D eigenvalue weighted by molar-refractivity contribution is -0.136. The second-order valence-corrected chi connectivity index (χ2v) is 9.44. The Labute approximate surface area is 191 Å². The summed E-state index contributed by atoms with van der Waals surface area (Å²) in [5.74, 6) is -2.18. The molecular formula is C25H27F2N3O3. The van der Waals surface area contributed by atoms with Crippen molar-refractivity contribution in [1.29, 1.82) is 0 Å². The summed E-state index contributed by atoms with van der Waals surface area (Å²) < 4.78 is 27.5. The largest absolute Gasteiger partial charge is 0.348 e. The molecular weight excluding hydrogens is 428 g/mol. The Hall–Kier alpha value is -3.29. The van der Waals surface area contributed by atoms with Crippen LogP contribution < -0.4 is 10.6 Å². The number of benzene rings is 2. The molecule has 0 saturated carbocycles. The van der Waals surface area contributed by atoms with E-state index in [1.165, 1.54) is 30.3 Å². The Morgan fingerprint density at radius 2 is 1.82 bits per heavy atom. The zero-order valence-corrected chi connectivity index (χ0v) is 18.7. The predicted octanol–water partition coefficient (Wildman–Crippen LogP) is 3.14. The fraction of sp³-hybridized carbons (Fsp3) is 0.400. The van der Waals surface area contributed by atoms with E-state index in [1.54, 1.807) is 30.9 Å². The Balaban J connectivity index is 1.58. The molecule has 2 aromatic rings. The fourth-order valence-electron chi connectivity index (χ4n) is 4.99. The molecule has 33 heavy (non-hydrogen) atoms. The van der Waals surface area contributed by atoms with Gasteiger partial charge in [0, 0.05) is 31.0 Å². The van der Waals surface area contributed by atoms with Crippen molar-refractivity contribution in [2.24, 2.45) is 0 Å². The Bertz CT molecular complexity index is 1100. The molecule has 2 aliphatic heterocycles. The maximum atomic E-state index is 14.0. The first kappa shape index (κ1) is 22.9. The number of hydrogen-bond donors (Lipinski definition) is 2. The third-order valence-corrected chi connectivity index (χ3v) is 6.54. The first-order chi connectivity index (χ1) is 15.6. The van der Waals surface area contributed by atoms with Gasteiger partial charge in [0.1, 0.15) is 17.2 Å². The van der Waals surface area contributed by atoms with E-state index in [9.17, 15) is 23.2 Å². The van der Waals surface area contributed by atoms with Gasteiger partial charge in [0.25, 0.3) is 5.91 Å². The molecule has 8 heteroatoms. The maximum Gasteiger partial charge on any atom is 0.252 e. The van der Waals surface area contributed by atoms with Gasteiger partial charge in [0.2, 0.25) is 11.8 Å². The summed E-state index contributed by atoms with van der Waals surface area (Å²) in [5.41, 5.74) is -1.14. The van der Waals surface area contributed by atoms with Gasteiger partial charge >= 0.3 is 0 Å². The van der Waals surface area contributed by atoms with Crippen molar-refractivity contribution in [1.82, 2.24) is 15.5 Å². The van der Waals surface area contributed by atoms with E-state index in [-0.39, 0.29) is 42.2 Å². The van der Waals surface area contributed by atoms with Crippen LogP contribution in [0.25, 0.3) is 0 Å². The number of likely N-dealkylation sites (tertiary alicyclic amines) is 1. The Morgan fingerprint density at radius 1 is 1.12 bits per heavy atom. The lowest BCUT2D eigenvalue weighted by Crippen LogP contribution is -2.58. The van der Waals surface area contributed by atoms with Gasteiger partial charge < -0.3 is 15.5 Å². The average molecular weight is 456 g/mol.